The van der Waals surface area contributed by atoms with E-state index in [4.69, 9.17) is 0 Å². The van der Waals surface area contributed by atoms with Gasteiger partial charge in [0.1, 0.15) is 12.0 Å². The normalized spacial score (nSPS) is 12.7. The summed E-state index contributed by atoms with van der Waals surface area (Å²) >= 11 is 3.49. The van der Waals surface area contributed by atoms with Crippen LogP contribution in [0.1, 0.15) is 84.4 Å². The number of aldehydes is 1. The first-order valence-corrected chi connectivity index (χ1v) is 20.8. The predicted molar refractivity (Wildman–Crippen MR) is 229 cm³/mol. The lowest BCUT2D eigenvalue weighted by Crippen LogP contribution is -2.37. The van der Waals surface area contributed by atoms with Crippen molar-refractivity contribution in [3.8, 4) is 23.0 Å². The van der Waals surface area contributed by atoms with Gasteiger partial charge in [-0.3, -0.25) is 9.59 Å². The quantitative estimate of drug-likeness (QED) is 0.105. The van der Waals surface area contributed by atoms with Gasteiger partial charge < -0.3 is 39.9 Å². The van der Waals surface area contributed by atoms with Crippen molar-refractivity contribution < 1.29 is 23.9 Å². The lowest BCUT2D eigenvalue weighted by Gasteiger charge is -2.14. The number of hydrogen-bond donors (Lipinski definition) is 4. The number of thiophene rings is 2. The van der Waals surface area contributed by atoms with Gasteiger partial charge in [0.15, 0.2) is 0 Å². The number of imidazole rings is 2. The number of nitrogens with one attached hydrogen (secondary N) is 4. The molecular formula is C41H58N8O5S2. The van der Waals surface area contributed by atoms with Crippen molar-refractivity contribution in [2.75, 3.05) is 53.4 Å². The molecule has 3 amide bonds. The highest BCUT2D eigenvalue weighted by atomic mass is 32.1. The lowest BCUT2D eigenvalue weighted by molar-refractivity contribution is -0.131. The summed E-state index contributed by atoms with van der Waals surface area (Å²) in [5.74, 6) is 6.24. The third-order valence-electron chi connectivity index (χ3n) is 7.64. The van der Waals surface area contributed by atoms with Crippen molar-refractivity contribution >= 4 is 67.3 Å². The van der Waals surface area contributed by atoms with Crippen molar-refractivity contribution in [2.24, 2.45) is 0 Å². The van der Waals surface area contributed by atoms with Crippen LogP contribution in [0.5, 0.6) is 0 Å². The number of carbonyl (C=O) groups excluding carboxylic acids is 4. The van der Waals surface area contributed by atoms with E-state index in [1.165, 1.54) is 73.3 Å². The second-order valence-corrected chi connectivity index (χ2v) is 14.5. The van der Waals surface area contributed by atoms with Crippen LogP contribution in [0.25, 0.3) is 31.6 Å². The van der Waals surface area contributed by atoms with E-state index in [2.05, 4.69) is 116 Å². The number of carbonyl (C=O) groups is 4. The minimum absolute atomic E-state index is 0.00662. The molecule has 6 heterocycles. The molecule has 5 aromatic rings. The van der Waals surface area contributed by atoms with Crippen molar-refractivity contribution in [3.05, 3.63) is 59.1 Å². The highest BCUT2D eigenvalue weighted by molar-refractivity contribution is 7.27. The lowest BCUT2D eigenvalue weighted by atomic mass is 10.1. The molecule has 2 fully saturated rings. The number of aromatic amines is 2. The van der Waals surface area contributed by atoms with Crippen LogP contribution in [0.3, 0.4) is 0 Å². The molecule has 15 heteroatoms. The molecule has 0 aliphatic carbocycles. The number of aromatic nitrogens is 4. The topological polar surface area (TPSA) is 165 Å². The summed E-state index contributed by atoms with van der Waals surface area (Å²) in [6, 6.07) is 6.33. The SMILES string of the molecule is C(#Cc1csc2c(-c3ccc4nc[nH]c4c3)csc12)c1cnc[nH]1.CC(=O)NCC(=O)N1CCCC1.CCC.CCC.CN1CCCC1.COC(=O)NCC=O. The number of methoxy groups -OCH3 is 1. The highest BCUT2D eigenvalue weighted by Gasteiger charge is 2.17. The summed E-state index contributed by atoms with van der Waals surface area (Å²) in [6.45, 7) is 14.4. The summed E-state index contributed by atoms with van der Waals surface area (Å²) in [7, 11) is 3.41. The second-order valence-electron chi connectivity index (χ2n) is 12.8. The number of fused-ring (bicyclic) bond motifs is 2. The maximum atomic E-state index is 11.3. The first-order chi connectivity index (χ1) is 27.1. The average molecular weight is 807 g/mol. The standard InChI is InChI=1S/C18H10N4S2.C8H14N2O2.C5H11N.C4H7NO3.2C3H8/c1(3-13-6-19-9-20-13)12-7-23-18-14(8-24-17(12)18)11-2-4-15-16(5-11)22-10-21-15;1-7(11)9-6-8(12)10-4-2-3-5-10;1-6-4-2-3-5-6;1-8-4(7)5-2-3-6;2*1-3-2/h2,4-10H,(H,19,20)(H,21,22);2-6H2,1H3,(H,9,11);2-5H2,1H3;3H,2H2,1H3,(H,5,7);2*3H2,1-2H3. The maximum absolute atomic E-state index is 11.3. The highest BCUT2D eigenvalue weighted by Crippen LogP contribution is 2.40. The first-order valence-electron chi connectivity index (χ1n) is 19.0. The fourth-order valence-corrected chi connectivity index (χ4v) is 7.33. The van der Waals surface area contributed by atoms with Crippen LogP contribution in [0, 0.1) is 11.8 Å². The zero-order valence-electron chi connectivity index (χ0n) is 33.8. The molecule has 0 radical (unpaired) electrons. The van der Waals surface area contributed by atoms with E-state index in [0.29, 0.717) is 6.29 Å². The fourth-order valence-electron chi connectivity index (χ4n) is 5.02. The zero-order valence-corrected chi connectivity index (χ0v) is 35.5. The van der Waals surface area contributed by atoms with E-state index in [1.807, 2.05) is 0 Å². The molecule has 0 unspecified atom stereocenters. The molecule has 4 N–H and O–H groups in total. The maximum Gasteiger partial charge on any atom is 0.407 e. The molecule has 56 heavy (non-hydrogen) atoms. The largest absolute Gasteiger partial charge is 0.453 e. The summed E-state index contributed by atoms with van der Waals surface area (Å²) in [5, 5.41) is 8.98. The molecule has 0 spiro atoms. The number of amides is 3. The molecule has 0 bridgehead atoms. The van der Waals surface area contributed by atoms with Crippen LogP contribution in [-0.2, 0) is 19.1 Å². The van der Waals surface area contributed by atoms with Crippen LogP contribution in [0.4, 0.5) is 4.79 Å². The van der Waals surface area contributed by atoms with Crippen molar-refractivity contribution in [3.63, 3.8) is 0 Å². The summed E-state index contributed by atoms with van der Waals surface area (Å²) in [4.78, 5) is 60.0. The van der Waals surface area contributed by atoms with E-state index >= 15 is 0 Å². The van der Waals surface area contributed by atoms with Gasteiger partial charge in [0.05, 0.1) is 65.0 Å². The monoisotopic (exact) mass is 806 g/mol. The smallest absolute Gasteiger partial charge is 0.407 e. The molecule has 7 rings (SSSR count). The summed E-state index contributed by atoms with van der Waals surface area (Å²) < 4.78 is 6.67. The number of hydrogen-bond acceptors (Lipinski definition) is 10. The molecule has 2 aliphatic heterocycles. The summed E-state index contributed by atoms with van der Waals surface area (Å²) in [6.07, 6.45) is 12.6. The van der Waals surface area contributed by atoms with E-state index in [1.54, 1.807) is 46.4 Å². The van der Waals surface area contributed by atoms with Crippen molar-refractivity contribution in [1.29, 1.82) is 0 Å². The molecule has 13 nitrogen and oxygen atoms in total. The van der Waals surface area contributed by atoms with Crippen LogP contribution < -0.4 is 10.6 Å². The number of H-pyrrole nitrogens is 2. The molecule has 0 atom stereocenters. The Bertz CT molecular complexity index is 1930. The first kappa shape index (κ1) is 47.1. The van der Waals surface area contributed by atoms with Gasteiger partial charge in [-0.2, -0.15) is 0 Å². The van der Waals surface area contributed by atoms with E-state index in [9.17, 15) is 19.2 Å². The number of alkyl carbamates (subject to hydrolysis) is 1. The molecule has 2 aliphatic rings. The molecular weight excluding hydrogens is 749 g/mol. The Hall–Kier alpha value is -5.04. The third kappa shape index (κ3) is 17.2. The Morgan fingerprint density at radius 1 is 0.911 bits per heavy atom. The Labute approximate surface area is 339 Å². The average Bonchev–Trinajstić information content (AvgIpc) is 4.04. The van der Waals surface area contributed by atoms with Gasteiger partial charge in [-0.05, 0) is 69.4 Å². The van der Waals surface area contributed by atoms with Gasteiger partial charge in [0.2, 0.25) is 11.8 Å². The van der Waals surface area contributed by atoms with Gasteiger partial charge in [-0.1, -0.05) is 52.5 Å². The van der Waals surface area contributed by atoms with Crippen LogP contribution in [0.2, 0.25) is 0 Å². The predicted octanol–water partition coefficient (Wildman–Crippen LogP) is 7.46. The minimum atomic E-state index is -0.586. The number of likely N-dealkylation sites (tertiary alicyclic amines) is 2. The number of rotatable bonds is 5. The molecule has 1 aromatic carbocycles. The van der Waals surface area contributed by atoms with Crippen molar-refractivity contribution in [1.82, 2.24) is 40.4 Å². The second kappa shape index (κ2) is 27.5. The van der Waals surface area contributed by atoms with Crippen LogP contribution in [0.15, 0.2) is 47.8 Å². The molecule has 304 valence electrons. The Morgan fingerprint density at radius 3 is 2.14 bits per heavy atom. The van der Waals surface area contributed by atoms with Gasteiger partial charge >= 0.3 is 6.09 Å². The number of nitrogens with zero attached hydrogens (tertiary/aromatic N) is 4. The van der Waals surface area contributed by atoms with E-state index in [-0.39, 0.29) is 24.9 Å². The molecule has 4 aromatic heterocycles. The van der Waals surface area contributed by atoms with E-state index in [0.717, 1.165) is 48.2 Å². The van der Waals surface area contributed by atoms with E-state index < -0.39 is 6.09 Å². The van der Waals surface area contributed by atoms with Gasteiger partial charge in [-0.15, -0.1) is 22.7 Å². The van der Waals surface area contributed by atoms with Crippen LogP contribution >= 0.6 is 22.7 Å². The Morgan fingerprint density at radius 2 is 1.57 bits per heavy atom. The Balaban J connectivity index is 0.000000283. The van der Waals surface area contributed by atoms with Gasteiger partial charge in [0, 0.05) is 36.3 Å². The van der Waals surface area contributed by atoms with Crippen LogP contribution in [-0.4, -0.2) is 107 Å². The number of ether oxygens (including phenoxy) is 1. The van der Waals surface area contributed by atoms with Gasteiger partial charge in [-0.25, -0.2) is 14.8 Å². The van der Waals surface area contributed by atoms with Crippen molar-refractivity contribution in [2.45, 2.75) is 73.1 Å². The third-order valence-corrected chi connectivity index (χ3v) is 9.79. The molecule has 2 saturated heterocycles. The minimum Gasteiger partial charge on any atom is -0.453 e. The molecule has 0 saturated carbocycles. The Kier molecular flexibility index (Phi) is 23.2. The van der Waals surface area contributed by atoms with Gasteiger partial charge in [0.25, 0.3) is 0 Å². The summed E-state index contributed by atoms with van der Waals surface area (Å²) in [5.41, 5.74) is 6.41. The number of benzene rings is 1. The fraction of sp³-hybridized carbons (Fsp3) is 0.463. The zero-order chi connectivity index (χ0) is 41.1.